The van der Waals surface area contributed by atoms with Gasteiger partial charge in [-0.3, -0.25) is 0 Å². The van der Waals surface area contributed by atoms with Gasteiger partial charge in [0, 0.05) is 31.5 Å². The topological polar surface area (TPSA) is 135 Å². The molecule has 6 N–H and O–H groups in total. The van der Waals surface area contributed by atoms with Gasteiger partial charge in [-0.1, -0.05) is 0 Å². The van der Waals surface area contributed by atoms with Crippen molar-refractivity contribution in [1.82, 2.24) is 15.1 Å². The normalized spacial score (nSPS) is 24.2. The number of urea groups is 1. The lowest BCUT2D eigenvalue weighted by Gasteiger charge is -2.13. The Labute approximate surface area is 151 Å². The molecule has 1 saturated heterocycles. The van der Waals surface area contributed by atoms with Gasteiger partial charge >= 0.3 is 6.03 Å². The molecule has 1 fully saturated rings. The van der Waals surface area contributed by atoms with Crippen molar-refractivity contribution in [2.45, 2.75) is 32.4 Å². The van der Waals surface area contributed by atoms with E-state index >= 15 is 0 Å². The van der Waals surface area contributed by atoms with Crippen LogP contribution in [0.3, 0.4) is 0 Å². The molecule has 1 aromatic rings. The summed E-state index contributed by atoms with van der Waals surface area (Å²) < 4.78 is 3.77. The summed E-state index contributed by atoms with van der Waals surface area (Å²) >= 11 is 0. The predicted molar refractivity (Wildman–Crippen MR) is 99.6 cm³/mol. The maximum atomic E-state index is 11.4. The quantitative estimate of drug-likeness (QED) is 0.454. The van der Waals surface area contributed by atoms with E-state index in [0.29, 0.717) is 29.5 Å². The SMILES string of the molecule is CCn1ncc(/N=C2C=C/C(=[N+]3/CCCC3CO)C=C/2NC(N)=O)c1N. The fourth-order valence-electron chi connectivity index (χ4n) is 3.25. The second kappa shape index (κ2) is 7.52. The van der Waals surface area contributed by atoms with Crippen LogP contribution in [0.25, 0.3) is 0 Å². The zero-order chi connectivity index (χ0) is 18.7. The van der Waals surface area contributed by atoms with Crippen molar-refractivity contribution in [3.05, 3.63) is 30.1 Å². The highest BCUT2D eigenvalue weighted by Crippen LogP contribution is 2.23. The van der Waals surface area contributed by atoms with Crippen LogP contribution in [0.4, 0.5) is 16.3 Å². The average Bonchev–Trinajstić information content (AvgIpc) is 3.23. The van der Waals surface area contributed by atoms with Gasteiger partial charge in [0.25, 0.3) is 0 Å². The van der Waals surface area contributed by atoms with Crippen molar-refractivity contribution < 1.29 is 14.5 Å². The highest BCUT2D eigenvalue weighted by Gasteiger charge is 2.30. The van der Waals surface area contributed by atoms with Crippen molar-refractivity contribution in [1.29, 1.82) is 0 Å². The minimum Gasteiger partial charge on any atom is -0.389 e. The molecule has 9 nitrogen and oxygen atoms in total. The summed E-state index contributed by atoms with van der Waals surface area (Å²) in [5.41, 5.74) is 13.8. The third-order valence-corrected chi connectivity index (χ3v) is 4.56. The number of carbonyl (C=O) groups excluding carboxylic acids is 1. The number of carbonyl (C=O) groups is 1. The third-order valence-electron chi connectivity index (χ3n) is 4.56. The number of rotatable bonds is 4. The maximum Gasteiger partial charge on any atom is 0.316 e. The van der Waals surface area contributed by atoms with E-state index in [1.165, 1.54) is 0 Å². The molecule has 3 rings (SSSR count). The van der Waals surface area contributed by atoms with Crippen LogP contribution in [0.2, 0.25) is 0 Å². The number of aliphatic hydroxyl groups is 1. The molecule has 2 aliphatic rings. The number of primary amides is 1. The van der Waals surface area contributed by atoms with Crippen LogP contribution in [-0.2, 0) is 6.54 Å². The first kappa shape index (κ1) is 17.9. The van der Waals surface area contributed by atoms with Gasteiger partial charge in [0.15, 0.2) is 6.04 Å². The first-order valence-electron chi connectivity index (χ1n) is 8.64. The Morgan fingerprint density at radius 2 is 2.35 bits per heavy atom. The molecule has 1 aliphatic heterocycles. The molecule has 0 bridgehead atoms. The lowest BCUT2D eigenvalue weighted by Crippen LogP contribution is -2.35. The molecular weight excluding hydrogens is 334 g/mol. The third kappa shape index (κ3) is 3.52. The Bertz CT molecular complexity index is 832. The largest absolute Gasteiger partial charge is 0.389 e. The van der Waals surface area contributed by atoms with Gasteiger partial charge in [-0.25, -0.2) is 19.0 Å². The monoisotopic (exact) mass is 358 g/mol. The average molecular weight is 358 g/mol. The summed E-state index contributed by atoms with van der Waals surface area (Å²) in [6, 6.07) is -0.589. The lowest BCUT2D eigenvalue weighted by molar-refractivity contribution is -0.545. The molecule has 0 spiro atoms. The minimum atomic E-state index is -0.670. The van der Waals surface area contributed by atoms with Gasteiger partial charge in [0.2, 0.25) is 5.71 Å². The van der Waals surface area contributed by atoms with Crippen LogP contribution < -0.4 is 16.8 Å². The number of amides is 2. The van der Waals surface area contributed by atoms with Crippen LogP contribution in [0.15, 0.2) is 35.1 Å². The van der Waals surface area contributed by atoms with Gasteiger partial charge in [0.1, 0.15) is 24.7 Å². The number of hydrogen-bond acceptors (Lipinski definition) is 5. The van der Waals surface area contributed by atoms with E-state index in [1.54, 1.807) is 17.0 Å². The summed E-state index contributed by atoms with van der Waals surface area (Å²) in [4.78, 5) is 15.9. The maximum absolute atomic E-state index is 11.4. The summed E-state index contributed by atoms with van der Waals surface area (Å²) in [5.74, 6) is 0.460. The number of anilines is 1. The van der Waals surface area contributed by atoms with Gasteiger partial charge in [-0.2, -0.15) is 5.10 Å². The Kier molecular flexibility index (Phi) is 5.17. The number of aryl methyl sites for hydroxylation is 1. The first-order chi connectivity index (χ1) is 12.5. The number of nitrogen functional groups attached to an aromatic ring is 1. The molecule has 1 unspecified atom stereocenters. The van der Waals surface area contributed by atoms with Crippen LogP contribution in [0, 0.1) is 0 Å². The molecular formula is C17H24N7O2+. The summed E-state index contributed by atoms with van der Waals surface area (Å²) in [5, 5.41) is 16.3. The van der Waals surface area contributed by atoms with E-state index in [0.717, 1.165) is 25.1 Å². The van der Waals surface area contributed by atoms with Crippen molar-refractivity contribution in [2.75, 3.05) is 18.9 Å². The standard InChI is InChI=1S/C17H23N7O2/c1-2-24-16(18)15(9-20-24)21-13-6-5-11(8-14(13)22-17(19)26)23-7-3-4-12(23)10-25/h5-6,8-9,12,25H,2-4,7,10H2,1H3,(H4,18,19,20,22,26)/p+1. The molecule has 2 heterocycles. The van der Waals surface area contributed by atoms with Crippen molar-refractivity contribution in [3.63, 3.8) is 0 Å². The molecule has 9 heteroatoms. The van der Waals surface area contributed by atoms with Gasteiger partial charge < -0.3 is 21.9 Å². The minimum absolute atomic E-state index is 0.0812. The van der Waals surface area contributed by atoms with Crippen LogP contribution in [0.5, 0.6) is 0 Å². The molecule has 0 radical (unpaired) electrons. The first-order valence-corrected chi connectivity index (χ1v) is 8.64. The molecule has 1 aromatic heterocycles. The van der Waals surface area contributed by atoms with Crippen LogP contribution in [0.1, 0.15) is 19.8 Å². The van der Waals surface area contributed by atoms with E-state index in [2.05, 4.69) is 20.0 Å². The molecule has 1 atom stereocenters. The number of nitrogens with one attached hydrogen (secondary N) is 1. The summed E-state index contributed by atoms with van der Waals surface area (Å²) in [6.07, 6.45) is 9.08. The molecule has 1 aliphatic carbocycles. The molecule has 26 heavy (non-hydrogen) atoms. The van der Waals surface area contributed by atoms with Crippen LogP contribution >= 0.6 is 0 Å². The van der Waals surface area contributed by atoms with E-state index in [4.69, 9.17) is 11.5 Å². The number of aliphatic imine (C=N–C) groups is 1. The van der Waals surface area contributed by atoms with E-state index in [-0.39, 0.29) is 12.6 Å². The number of allylic oxidation sites excluding steroid dienone is 3. The number of nitrogens with two attached hydrogens (primary N) is 2. The lowest BCUT2D eigenvalue weighted by atomic mass is 10.1. The van der Waals surface area contributed by atoms with E-state index in [1.807, 2.05) is 19.1 Å². The second-order valence-corrected chi connectivity index (χ2v) is 6.21. The smallest absolute Gasteiger partial charge is 0.316 e. The van der Waals surface area contributed by atoms with Gasteiger partial charge in [-0.15, -0.1) is 0 Å². The number of hydrogen-bond donors (Lipinski definition) is 4. The van der Waals surface area contributed by atoms with Crippen molar-refractivity contribution in [3.8, 4) is 0 Å². The van der Waals surface area contributed by atoms with E-state index in [9.17, 15) is 9.90 Å². The fraction of sp³-hybridized carbons (Fsp3) is 0.412. The Morgan fingerprint density at radius 3 is 3.00 bits per heavy atom. The number of aliphatic hydroxyl groups excluding tert-OH is 1. The fourth-order valence-corrected chi connectivity index (χ4v) is 3.25. The molecule has 138 valence electrons. The second-order valence-electron chi connectivity index (χ2n) is 6.21. The predicted octanol–water partition coefficient (Wildman–Crippen LogP) is 0.288. The molecule has 2 amide bonds. The van der Waals surface area contributed by atoms with Crippen LogP contribution in [-0.4, -0.2) is 56.1 Å². The highest BCUT2D eigenvalue weighted by molar-refractivity contribution is 6.21. The Hall–Kier alpha value is -2.94. The van der Waals surface area contributed by atoms with Crippen molar-refractivity contribution in [2.24, 2.45) is 10.7 Å². The summed E-state index contributed by atoms with van der Waals surface area (Å²) in [6.45, 7) is 3.53. The summed E-state index contributed by atoms with van der Waals surface area (Å²) in [7, 11) is 0. The zero-order valence-electron chi connectivity index (χ0n) is 14.7. The zero-order valence-corrected chi connectivity index (χ0v) is 14.7. The Morgan fingerprint density at radius 1 is 1.54 bits per heavy atom. The number of nitrogens with zero attached hydrogens (tertiary/aromatic N) is 4. The van der Waals surface area contributed by atoms with Gasteiger partial charge in [0.05, 0.1) is 17.6 Å². The van der Waals surface area contributed by atoms with E-state index < -0.39 is 6.03 Å². The number of aromatic nitrogens is 2. The highest BCUT2D eigenvalue weighted by atomic mass is 16.3. The van der Waals surface area contributed by atoms with Crippen molar-refractivity contribution >= 4 is 29.0 Å². The van der Waals surface area contributed by atoms with Gasteiger partial charge in [-0.05, 0) is 13.0 Å². The molecule has 0 aromatic carbocycles. The Balaban J connectivity index is 1.99. The molecule has 0 saturated carbocycles.